The summed E-state index contributed by atoms with van der Waals surface area (Å²) in [7, 11) is -4.02. The number of esters is 1. The van der Waals surface area contributed by atoms with Crippen LogP contribution < -0.4 is 5.32 Å². The van der Waals surface area contributed by atoms with Crippen molar-refractivity contribution in [2.75, 3.05) is 25.4 Å². The summed E-state index contributed by atoms with van der Waals surface area (Å²) >= 11 is 0. The third-order valence-electron chi connectivity index (χ3n) is 9.68. The van der Waals surface area contributed by atoms with E-state index in [1.165, 1.54) is 10.7 Å². The van der Waals surface area contributed by atoms with Crippen LogP contribution in [0.25, 0.3) is 0 Å². The molecule has 4 bridgehead atoms. The summed E-state index contributed by atoms with van der Waals surface area (Å²) in [6.45, 7) is 1.70. The van der Waals surface area contributed by atoms with Crippen LogP contribution in [0.2, 0.25) is 0 Å². The van der Waals surface area contributed by atoms with Gasteiger partial charge in [-0.15, -0.1) is 0 Å². The molecule has 8 nitrogen and oxygen atoms in total. The summed E-state index contributed by atoms with van der Waals surface area (Å²) in [5.41, 5.74) is 1.32. The van der Waals surface area contributed by atoms with Crippen LogP contribution in [0.3, 0.4) is 0 Å². The predicted molar refractivity (Wildman–Crippen MR) is 133 cm³/mol. The van der Waals surface area contributed by atoms with Crippen LogP contribution >= 0.6 is 0 Å². The highest BCUT2D eigenvalue weighted by atomic mass is 32.2. The molecule has 9 heteroatoms. The minimum atomic E-state index is -4.02. The van der Waals surface area contributed by atoms with Gasteiger partial charge in [0.15, 0.2) is 0 Å². The van der Waals surface area contributed by atoms with Gasteiger partial charge >= 0.3 is 11.9 Å². The van der Waals surface area contributed by atoms with E-state index in [4.69, 9.17) is 4.74 Å². The van der Waals surface area contributed by atoms with Crippen molar-refractivity contribution in [3.63, 3.8) is 0 Å². The summed E-state index contributed by atoms with van der Waals surface area (Å²) in [5, 5.41) is 12.6. The first-order valence-corrected chi connectivity index (χ1v) is 15.1. The van der Waals surface area contributed by atoms with Gasteiger partial charge in [-0.25, -0.2) is 13.2 Å². The topological polar surface area (TPSA) is 113 Å². The number of carboxylic acids is 1. The molecule has 4 saturated carbocycles. The summed E-state index contributed by atoms with van der Waals surface area (Å²) in [6, 6.07) is 6.63. The molecule has 1 aromatic carbocycles. The molecular formula is C27H36N2O6S. The van der Waals surface area contributed by atoms with Crippen molar-refractivity contribution in [2.45, 2.75) is 68.9 Å². The lowest BCUT2D eigenvalue weighted by atomic mass is 9.55. The highest BCUT2D eigenvalue weighted by Gasteiger charge is 2.54. The Kier molecular flexibility index (Phi) is 6.16. The van der Waals surface area contributed by atoms with Gasteiger partial charge in [0.25, 0.3) is 0 Å². The second kappa shape index (κ2) is 9.10. The van der Waals surface area contributed by atoms with Crippen molar-refractivity contribution in [2.24, 2.45) is 23.7 Å². The van der Waals surface area contributed by atoms with Crippen molar-refractivity contribution in [3.05, 3.63) is 35.4 Å². The van der Waals surface area contributed by atoms with Crippen LogP contribution in [0, 0.1) is 23.7 Å². The number of aliphatic carboxylic acids is 1. The quantitative estimate of drug-likeness (QED) is 0.559. The van der Waals surface area contributed by atoms with Gasteiger partial charge in [-0.1, -0.05) is 24.3 Å². The molecule has 1 saturated heterocycles. The van der Waals surface area contributed by atoms with Gasteiger partial charge in [0, 0.05) is 12.0 Å². The summed E-state index contributed by atoms with van der Waals surface area (Å²) in [6.07, 6.45) is 6.58. The first-order chi connectivity index (χ1) is 17.3. The minimum Gasteiger partial charge on any atom is -0.481 e. The van der Waals surface area contributed by atoms with Gasteiger partial charge in [-0.3, -0.25) is 4.79 Å². The lowest BCUT2D eigenvalue weighted by Crippen LogP contribution is -2.57. The van der Waals surface area contributed by atoms with E-state index in [1.807, 2.05) is 24.3 Å². The third kappa shape index (κ3) is 4.17. The third-order valence-corrected chi connectivity index (χ3v) is 11.5. The molecular weight excluding hydrogens is 480 g/mol. The number of ether oxygens (including phenoxy) is 1. The summed E-state index contributed by atoms with van der Waals surface area (Å²) < 4.78 is 34.8. The zero-order valence-corrected chi connectivity index (χ0v) is 21.4. The predicted octanol–water partition coefficient (Wildman–Crippen LogP) is 2.84. The van der Waals surface area contributed by atoms with E-state index >= 15 is 0 Å². The maximum Gasteiger partial charge on any atom is 0.329 e. The Hall–Kier alpha value is -1.97. The van der Waals surface area contributed by atoms with E-state index in [0.717, 1.165) is 69.0 Å². The van der Waals surface area contributed by atoms with Crippen molar-refractivity contribution >= 4 is 22.0 Å². The van der Waals surface area contributed by atoms with E-state index in [0.29, 0.717) is 17.4 Å². The molecule has 1 atom stereocenters. The Balaban J connectivity index is 1.36. The highest BCUT2D eigenvalue weighted by Crippen LogP contribution is 2.55. The van der Waals surface area contributed by atoms with Gasteiger partial charge < -0.3 is 15.2 Å². The van der Waals surface area contributed by atoms with Crippen LogP contribution in [0.4, 0.5) is 0 Å². The Labute approximate surface area is 212 Å². The van der Waals surface area contributed by atoms with Gasteiger partial charge in [0.05, 0.1) is 12.2 Å². The molecule has 6 aliphatic rings. The molecule has 4 aliphatic carbocycles. The Bertz CT molecular complexity index is 1120. The number of carbonyl (C=O) groups is 2. The van der Waals surface area contributed by atoms with Gasteiger partial charge in [-0.2, -0.15) is 4.31 Å². The normalized spacial score (nSPS) is 34.9. The average molecular weight is 517 g/mol. The average Bonchev–Trinajstić information content (AvgIpc) is 2.85. The molecule has 2 heterocycles. The van der Waals surface area contributed by atoms with Crippen LogP contribution in [0.1, 0.15) is 68.5 Å². The van der Waals surface area contributed by atoms with Crippen LogP contribution in [0.5, 0.6) is 0 Å². The van der Waals surface area contributed by atoms with Gasteiger partial charge in [0.1, 0.15) is 12.1 Å². The lowest BCUT2D eigenvalue weighted by molar-refractivity contribution is -0.176. The molecule has 5 fully saturated rings. The van der Waals surface area contributed by atoms with E-state index < -0.39 is 45.6 Å². The molecule has 2 N–H and O–H groups in total. The number of sulfonamides is 1. The van der Waals surface area contributed by atoms with Crippen LogP contribution in [-0.2, 0) is 29.8 Å². The summed E-state index contributed by atoms with van der Waals surface area (Å²) in [4.78, 5) is 25.2. The fourth-order valence-corrected chi connectivity index (χ4v) is 9.92. The fourth-order valence-electron chi connectivity index (χ4n) is 8.28. The standard InChI is InChI=1S/C27H36N2O6S/c30-23(31)5-10-36(33,34)29-16-27(6-8-28-9-7-27)22-4-2-1-3-21(22)24(29)26(32)35-25-19-12-17-11-18(14-19)15-20(25)13-17/h1-4,17-20,24-25,28H,5-16H2,(H,30,31)/t17?,18?,19?,20?,24-,25?/m1/s1. The first-order valence-electron chi connectivity index (χ1n) is 13.5. The molecule has 0 aromatic heterocycles. The second-order valence-corrected chi connectivity index (χ2v) is 13.9. The van der Waals surface area contributed by atoms with Crippen molar-refractivity contribution in [3.8, 4) is 0 Å². The van der Waals surface area contributed by atoms with E-state index in [2.05, 4.69) is 5.32 Å². The second-order valence-electron chi connectivity index (χ2n) is 11.9. The lowest BCUT2D eigenvalue weighted by Gasteiger charge is -2.54. The smallest absolute Gasteiger partial charge is 0.329 e. The molecule has 196 valence electrons. The number of fused-ring (bicyclic) bond motifs is 2. The number of benzene rings is 1. The van der Waals surface area contributed by atoms with E-state index in [9.17, 15) is 23.1 Å². The van der Waals surface area contributed by atoms with E-state index in [1.54, 1.807) is 0 Å². The number of nitrogens with one attached hydrogen (secondary N) is 1. The monoisotopic (exact) mass is 516 g/mol. The maximum atomic E-state index is 14.0. The number of carboxylic acid groups (broad SMARTS) is 1. The van der Waals surface area contributed by atoms with Crippen LogP contribution in [0.15, 0.2) is 24.3 Å². The molecule has 0 radical (unpaired) electrons. The highest BCUT2D eigenvalue weighted by molar-refractivity contribution is 7.89. The maximum absolute atomic E-state index is 14.0. The zero-order valence-electron chi connectivity index (χ0n) is 20.6. The number of carbonyl (C=O) groups excluding carboxylic acids is 1. The first kappa shape index (κ1) is 24.4. The van der Waals surface area contributed by atoms with Gasteiger partial charge in [0.2, 0.25) is 10.0 Å². The molecule has 0 amide bonds. The Morgan fingerprint density at radius 2 is 1.67 bits per heavy atom. The van der Waals surface area contributed by atoms with Crippen molar-refractivity contribution < 1.29 is 27.9 Å². The number of piperidine rings is 1. The number of hydrogen-bond acceptors (Lipinski definition) is 6. The molecule has 0 unspecified atom stereocenters. The Morgan fingerprint density at radius 3 is 2.31 bits per heavy atom. The zero-order chi connectivity index (χ0) is 25.1. The fraction of sp³-hybridized carbons (Fsp3) is 0.704. The number of nitrogens with zero attached hydrogens (tertiary/aromatic N) is 1. The molecule has 1 spiro atoms. The molecule has 7 rings (SSSR count). The largest absolute Gasteiger partial charge is 0.481 e. The number of rotatable bonds is 6. The van der Waals surface area contributed by atoms with Crippen LogP contribution in [-0.4, -0.2) is 61.3 Å². The minimum absolute atomic E-state index is 0.143. The SMILES string of the molecule is O=C(O)CCS(=O)(=O)N1CC2(CCNCC2)c2ccccc2[C@@H]1C(=O)OC1C2CC3CC(C2)CC1C3. The van der Waals surface area contributed by atoms with E-state index in [-0.39, 0.29) is 12.6 Å². The number of hydrogen-bond donors (Lipinski definition) is 2. The Morgan fingerprint density at radius 1 is 1.03 bits per heavy atom. The molecule has 1 aromatic rings. The van der Waals surface area contributed by atoms with Gasteiger partial charge in [-0.05, 0) is 92.8 Å². The van der Waals surface area contributed by atoms with Crippen molar-refractivity contribution in [1.82, 2.24) is 9.62 Å². The molecule has 36 heavy (non-hydrogen) atoms. The molecule has 2 aliphatic heterocycles. The summed E-state index contributed by atoms with van der Waals surface area (Å²) in [5.74, 6) is 0.0355. The van der Waals surface area contributed by atoms with Crippen molar-refractivity contribution in [1.29, 1.82) is 0 Å².